The molecule has 0 spiro atoms. The molecule has 0 aliphatic heterocycles. The number of aromatic nitrogens is 2. The fraction of sp³-hybridized carbons (Fsp3) is 0.400. The van der Waals surface area contributed by atoms with Crippen LogP contribution in [0.25, 0.3) is 0 Å². The minimum absolute atomic E-state index is 0.523. The quantitative estimate of drug-likeness (QED) is 0.932. The van der Waals surface area contributed by atoms with Crippen LogP contribution in [0, 0.1) is 0 Å². The zero-order valence-corrected chi connectivity index (χ0v) is 11.1. The SMILES string of the molecule is CCc1nnsc1C(O)Cc1ccc(Cl)s1. The number of aliphatic hydroxyl groups is 1. The Hall–Kier alpha value is -0.490. The summed E-state index contributed by atoms with van der Waals surface area (Å²) in [7, 11) is 0. The highest BCUT2D eigenvalue weighted by Gasteiger charge is 2.17. The second-order valence-corrected chi connectivity index (χ2v) is 5.95. The van der Waals surface area contributed by atoms with E-state index in [1.54, 1.807) is 0 Å². The lowest BCUT2D eigenvalue weighted by molar-refractivity contribution is 0.182. The predicted molar refractivity (Wildman–Crippen MR) is 67.3 cm³/mol. The summed E-state index contributed by atoms with van der Waals surface area (Å²) in [5.41, 5.74) is 0.889. The topological polar surface area (TPSA) is 46.0 Å². The Bertz CT molecular complexity index is 469. The lowest BCUT2D eigenvalue weighted by Gasteiger charge is -2.07. The van der Waals surface area contributed by atoms with Gasteiger partial charge in [-0.15, -0.1) is 16.4 Å². The van der Waals surface area contributed by atoms with Gasteiger partial charge in [0.25, 0.3) is 0 Å². The number of hydrogen-bond acceptors (Lipinski definition) is 5. The monoisotopic (exact) mass is 274 g/mol. The minimum atomic E-state index is -0.523. The van der Waals surface area contributed by atoms with E-state index < -0.39 is 6.10 Å². The molecule has 0 aliphatic carbocycles. The summed E-state index contributed by atoms with van der Waals surface area (Å²) in [6, 6.07) is 3.79. The molecule has 6 heteroatoms. The van der Waals surface area contributed by atoms with E-state index in [0.29, 0.717) is 6.42 Å². The minimum Gasteiger partial charge on any atom is -0.387 e. The Labute approximate surface area is 107 Å². The van der Waals surface area contributed by atoms with Gasteiger partial charge in [0.05, 0.1) is 21.0 Å². The molecule has 0 saturated carbocycles. The third-order valence-corrected chi connectivity index (χ3v) is 4.37. The highest BCUT2D eigenvalue weighted by molar-refractivity contribution is 7.16. The number of aliphatic hydroxyl groups excluding tert-OH is 1. The summed E-state index contributed by atoms with van der Waals surface area (Å²) in [5.74, 6) is 0. The number of hydrogen-bond donors (Lipinski definition) is 1. The van der Waals surface area contributed by atoms with E-state index in [1.807, 2.05) is 19.1 Å². The van der Waals surface area contributed by atoms with Gasteiger partial charge in [0.1, 0.15) is 0 Å². The molecule has 2 aromatic heterocycles. The van der Waals surface area contributed by atoms with E-state index in [4.69, 9.17) is 11.6 Å². The molecular formula is C10H11ClN2OS2. The summed E-state index contributed by atoms with van der Waals surface area (Å²) in [4.78, 5) is 1.94. The molecule has 0 fully saturated rings. The van der Waals surface area contributed by atoms with Gasteiger partial charge in [-0.3, -0.25) is 0 Å². The van der Waals surface area contributed by atoms with Crippen LogP contribution in [0.2, 0.25) is 4.34 Å². The molecule has 0 amide bonds. The van der Waals surface area contributed by atoms with E-state index in [-0.39, 0.29) is 0 Å². The summed E-state index contributed by atoms with van der Waals surface area (Å²) in [6.45, 7) is 2.01. The van der Waals surface area contributed by atoms with Crippen molar-refractivity contribution in [3.8, 4) is 0 Å². The molecule has 3 nitrogen and oxygen atoms in total. The molecule has 86 valence electrons. The van der Waals surface area contributed by atoms with Crippen LogP contribution in [0.15, 0.2) is 12.1 Å². The predicted octanol–water partition coefficient (Wildman–Crippen LogP) is 3.09. The van der Waals surface area contributed by atoms with Crippen LogP contribution in [0.3, 0.4) is 0 Å². The van der Waals surface area contributed by atoms with E-state index >= 15 is 0 Å². The van der Waals surface area contributed by atoms with Gasteiger partial charge in [0.15, 0.2) is 0 Å². The first-order valence-electron chi connectivity index (χ1n) is 4.94. The maximum absolute atomic E-state index is 10.1. The van der Waals surface area contributed by atoms with E-state index in [1.165, 1.54) is 22.9 Å². The van der Waals surface area contributed by atoms with Crippen LogP contribution in [0.1, 0.15) is 28.5 Å². The first-order valence-corrected chi connectivity index (χ1v) is 6.91. The van der Waals surface area contributed by atoms with Crippen LogP contribution in [0.5, 0.6) is 0 Å². The number of halogens is 1. The molecule has 0 bridgehead atoms. The third-order valence-electron chi connectivity index (χ3n) is 2.25. The molecule has 2 rings (SSSR count). The van der Waals surface area contributed by atoms with Crippen molar-refractivity contribution in [3.63, 3.8) is 0 Å². The van der Waals surface area contributed by atoms with Gasteiger partial charge in [-0.05, 0) is 30.1 Å². The standard InChI is InChI=1S/C10H11ClN2OS2/c1-2-7-10(16-13-12-7)8(14)5-6-3-4-9(11)15-6/h3-4,8,14H,2,5H2,1H3. The van der Waals surface area contributed by atoms with Crippen LogP contribution >= 0.6 is 34.5 Å². The van der Waals surface area contributed by atoms with E-state index in [9.17, 15) is 5.11 Å². The zero-order valence-electron chi connectivity index (χ0n) is 8.68. The molecule has 0 radical (unpaired) electrons. The molecule has 0 aliphatic rings. The second-order valence-electron chi connectivity index (χ2n) is 3.36. The Morgan fingerprint density at radius 1 is 1.50 bits per heavy atom. The zero-order chi connectivity index (χ0) is 11.5. The molecule has 0 aromatic carbocycles. The van der Waals surface area contributed by atoms with Crippen molar-refractivity contribution in [1.82, 2.24) is 9.59 Å². The van der Waals surface area contributed by atoms with Gasteiger partial charge in [-0.25, -0.2) is 0 Å². The molecule has 1 N–H and O–H groups in total. The van der Waals surface area contributed by atoms with Crippen molar-refractivity contribution in [2.24, 2.45) is 0 Å². The molecule has 16 heavy (non-hydrogen) atoms. The van der Waals surface area contributed by atoms with Gasteiger partial charge in [0.2, 0.25) is 0 Å². The number of rotatable bonds is 4. The largest absolute Gasteiger partial charge is 0.387 e. The van der Waals surface area contributed by atoms with Crippen molar-refractivity contribution in [3.05, 3.63) is 31.9 Å². The first kappa shape index (κ1) is 12.0. The Balaban J connectivity index is 2.11. The van der Waals surface area contributed by atoms with E-state index in [0.717, 1.165) is 26.2 Å². The number of aryl methyl sites for hydroxylation is 1. The lowest BCUT2D eigenvalue weighted by Crippen LogP contribution is -2.01. The molecule has 0 saturated heterocycles. The van der Waals surface area contributed by atoms with Gasteiger partial charge in [-0.1, -0.05) is 23.0 Å². The molecule has 1 unspecified atom stereocenters. The summed E-state index contributed by atoms with van der Waals surface area (Å²) < 4.78 is 4.62. The maximum Gasteiger partial charge on any atom is 0.0965 e. The first-order chi connectivity index (χ1) is 7.70. The number of thiophene rings is 1. The summed E-state index contributed by atoms with van der Waals surface area (Å²) in [5, 5.41) is 14.1. The van der Waals surface area contributed by atoms with Crippen molar-refractivity contribution in [2.45, 2.75) is 25.9 Å². The summed E-state index contributed by atoms with van der Waals surface area (Å²) >= 11 is 8.61. The molecular weight excluding hydrogens is 264 g/mol. The highest BCUT2D eigenvalue weighted by atomic mass is 35.5. The Morgan fingerprint density at radius 3 is 2.94 bits per heavy atom. The normalized spacial score (nSPS) is 12.9. The van der Waals surface area contributed by atoms with Crippen molar-refractivity contribution in [2.75, 3.05) is 0 Å². The van der Waals surface area contributed by atoms with Gasteiger partial charge in [0, 0.05) is 11.3 Å². The third kappa shape index (κ3) is 2.60. The molecule has 1 atom stereocenters. The average Bonchev–Trinajstić information content (AvgIpc) is 2.86. The van der Waals surface area contributed by atoms with Gasteiger partial charge >= 0.3 is 0 Å². The maximum atomic E-state index is 10.1. The van der Waals surface area contributed by atoms with Crippen molar-refractivity contribution >= 4 is 34.5 Å². The van der Waals surface area contributed by atoms with Gasteiger partial charge in [-0.2, -0.15) is 0 Å². The van der Waals surface area contributed by atoms with Crippen molar-refractivity contribution in [1.29, 1.82) is 0 Å². The second kappa shape index (κ2) is 5.23. The molecule has 2 heterocycles. The Morgan fingerprint density at radius 2 is 2.31 bits per heavy atom. The van der Waals surface area contributed by atoms with Crippen LogP contribution in [-0.4, -0.2) is 14.7 Å². The van der Waals surface area contributed by atoms with Crippen LogP contribution < -0.4 is 0 Å². The average molecular weight is 275 g/mol. The lowest BCUT2D eigenvalue weighted by atomic mass is 10.1. The number of nitrogens with zero attached hydrogens (tertiary/aromatic N) is 2. The van der Waals surface area contributed by atoms with Gasteiger partial charge < -0.3 is 5.11 Å². The summed E-state index contributed by atoms with van der Waals surface area (Å²) in [6.07, 6.45) is 0.854. The van der Waals surface area contributed by atoms with Crippen molar-refractivity contribution < 1.29 is 5.11 Å². The van der Waals surface area contributed by atoms with E-state index in [2.05, 4.69) is 9.59 Å². The highest BCUT2D eigenvalue weighted by Crippen LogP contribution is 2.29. The molecule has 2 aromatic rings. The Kier molecular flexibility index (Phi) is 3.91. The fourth-order valence-corrected chi connectivity index (χ4v) is 3.31. The smallest absolute Gasteiger partial charge is 0.0965 e. The van der Waals surface area contributed by atoms with Crippen LogP contribution in [-0.2, 0) is 12.8 Å². The van der Waals surface area contributed by atoms with Crippen LogP contribution in [0.4, 0.5) is 0 Å². The fourth-order valence-electron chi connectivity index (χ4n) is 1.46.